The minimum absolute atomic E-state index is 0.647. The van der Waals surface area contributed by atoms with Crippen molar-refractivity contribution in [1.29, 1.82) is 0 Å². The number of hydrogen-bond donors (Lipinski definition) is 2. The van der Waals surface area contributed by atoms with Crippen LogP contribution in [0.5, 0.6) is 11.5 Å². The Kier molecular flexibility index (Phi) is 7.11. The predicted octanol–water partition coefficient (Wildman–Crippen LogP) is 1.23. The molecular weight excluding hydrogens is 274 g/mol. The van der Waals surface area contributed by atoms with E-state index in [1.165, 1.54) is 0 Å². The van der Waals surface area contributed by atoms with Gasteiger partial charge in [0.1, 0.15) is 0 Å². The molecule has 0 fully saturated rings. The van der Waals surface area contributed by atoms with Crippen molar-refractivity contribution in [1.82, 2.24) is 15.5 Å². The molecule has 0 unspecified atom stereocenters. The molecule has 0 spiro atoms. The molecule has 0 saturated heterocycles. The van der Waals surface area contributed by atoms with E-state index in [-0.39, 0.29) is 0 Å². The van der Waals surface area contributed by atoms with Gasteiger partial charge in [-0.15, -0.1) is 0 Å². The Morgan fingerprint density at radius 2 is 1.85 bits per heavy atom. The highest BCUT2D eigenvalue weighted by Gasteiger charge is 2.04. The molecule has 1 aromatic rings. The van der Waals surface area contributed by atoms with Crippen LogP contribution in [0.25, 0.3) is 0 Å². The summed E-state index contributed by atoms with van der Waals surface area (Å²) in [6.45, 7) is 2.41. The molecule has 0 aliphatic heterocycles. The van der Waals surface area contributed by atoms with Crippen LogP contribution in [-0.2, 0) is 6.54 Å². The van der Waals surface area contributed by atoms with Crippen molar-refractivity contribution in [2.45, 2.75) is 6.54 Å². The lowest BCUT2D eigenvalue weighted by molar-refractivity contribution is 0.354. The monoisotopic (exact) mass is 297 g/mol. The van der Waals surface area contributed by atoms with Gasteiger partial charge in [0, 0.05) is 19.6 Å². The lowest BCUT2D eigenvalue weighted by atomic mass is 10.2. The zero-order valence-electron chi connectivity index (χ0n) is 12.5. The molecule has 0 bridgehead atoms. The average molecular weight is 297 g/mol. The maximum atomic E-state index is 5.27. The van der Waals surface area contributed by atoms with Crippen molar-refractivity contribution in [3.63, 3.8) is 0 Å². The summed E-state index contributed by atoms with van der Waals surface area (Å²) < 4.78 is 10.5. The Morgan fingerprint density at radius 3 is 2.45 bits per heavy atom. The van der Waals surface area contributed by atoms with Gasteiger partial charge in [-0.05, 0) is 44.0 Å². The molecule has 0 atom stereocenters. The Morgan fingerprint density at radius 1 is 1.15 bits per heavy atom. The third kappa shape index (κ3) is 5.63. The molecule has 0 radical (unpaired) electrons. The van der Waals surface area contributed by atoms with Gasteiger partial charge in [-0.3, -0.25) is 0 Å². The van der Waals surface area contributed by atoms with Gasteiger partial charge in [0.05, 0.1) is 14.2 Å². The fourth-order valence-electron chi connectivity index (χ4n) is 1.63. The molecule has 1 aromatic carbocycles. The third-order valence-corrected chi connectivity index (χ3v) is 3.03. The number of nitrogens with one attached hydrogen (secondary N) is 2. The molecule has 0 aliphatic carbocycles. The Labute approximate surface area is 126 Å². The molecule has 6 heteroatoms. The molecule has 1 rings (SSSR count). The number of methoxy groups -OCH3 is 2. The number of thiocarbonyl (C=S) groups is 1. The number of likely N-dealkylation sites (N-methyl/N-ethyl adjacent to an activating group) is 1. The van der Waals surface area contributed by atoms with E-state index in [0.29, 0.717) is 11.7 Å². The van der Waals surface area contributed by atoms with Crippen LogP contribution in [0.3, 0.4) is 0 Å². The van der Waals surface area contributed by atoms with E-state index in [1.807, 2.05) is 32.3 Å². The minimum Gasteiger partial charge on any atom is -0.493 e. The van der Waals surface area contributed by atoms with Gasteiger partial charge in [-0.2, -0.15) is 0 Å². The first-order chi connectivity index (χ1) is 9.56. The van der Waals surface area contributed by atoms with Crippen LogP contribution in [0.2, 0.25) is 0 Å². The van der Waals surface area contributed by atoms with Crippen molar-refractivity contribution >= 4 is 17.3 Å². The lowest BCUT2D eigenvalue weighted by Crippen LogP contribution is -2.38. The molecule has 0 heterocycles. The third-order valence-electron chi connectivity index (χ3n) is 2.75. The first-order valence-electron chi connectivity index (χ1n) is 6.44. The number of ether oxygens (including phenoxy) is 2. The minimum atomic E-state index is 0.647. The first-order valence-corrected chi connectivity index (χ1v) is 6.85. The van der Waals surface area contributed by atoms with Gasteiger partial charge >= 0.3 is 0 Å². The van der Waals surface area contributed by atoms with Crippen LogP contribution < -0.4 is 20.1 Å². The summed E-state index contributed by atoms with van der Waals surface area (Å²) in [5.41, 5.74) is 1.08. The zero-order valence-corrected chi connectivity index (χ0v) is 13.3. The number of hydrogen-bond acceptors (Lipinski definition) is 4. The highest BCUT2D eigenvalue weighted by atomic mass is 32.1. The molecule has 2 N–H and O–H groups in total. The van der Waals surface area contributed by atoms with E-state index in [1.54, 1.807) is 14.2 Å². The van der Waals surface area contributed by atoms with Crippen molar-refractivity contribution in [2.24, 2.45) is 0 Å². The molecule has 112 valence electrons. The SMILES string of the molecule is COc1ccc(CNC(=S)NCCN(C)C)cc1OC. The maximum Gasteiger partial charge on any atom is 0.166 e. The zero-order chi connectivity index (χ0) is 15.0. The first kappa shape index (κ1) is 16.5. The maximum absolute atomic E-state index is 5.27. The highest BCUT2D eigenvalue weighted by Crippen LogP contribution is 2.27. The van der Waals surface area contributed by atoms with Gasteiger partial charge in [0.15, 0.2) is 16.6 Å². The number of rotatable bonds is 7. The van der Waals surface area contributed by atoms with E-state index in [0.717, 1.165) is 30.2 Å². The van der Waals surface area contributed by atoms with E-state index in [4.69, 9.17) is 21.7 Å². The van der Waals surface area contributed by atoms with E-state index in [2.05, 4.69) is 15.5 Å². The summed E-state index contributed by atoms with van der Waals surface area (Å²) in [6.07, 6.45) is 0. The van der Waals surface area contributed by atoms with E-state index < -0.39 is 0 Å². The Hall–Kier alpha value is -1.53. The second-order valence-electron chi connectivity index (χ2n) is 4.60. The van der Waals surface area contributed by atoms with Crippen LogP contribution in [0.1, 0.15) is 5.56 Å². The van der Waals surface area contributed by atoms with E-state index in [9.17, 15) is 0 Å². The fraction of sp³-hybridized carbons (Fsp3) is 0.500. The van der Waals surface area contributed by atoms with Crippen LogP contribution in [0, 0.1) is 0 Å². The Bertz CT molecular complexity index is 438. The van der Waals surface area contributed by atoms with Crippen molar-refractivity contribution in [2.75, 3.05) is 41.4 Å². The predicted molar refractivity (Wildman–Crippen MR) is 85.5 cm³/mol. The van der Waals surface area contributed by atoms with Gasteiger partial charge in [-0.25, -0.2) is 0 Å². The fourth-order valence-corrected chi connectivity index (χ4v) is 1.80. The van der Waals surface area contributed by atoms with Crippen molar-refractivity contribution < 1.29 is 9.47 Å². The molecular formula is C14H23N3O2S. The second-order valence-corrected chi connectivity index (χ2v) is 5.01. The quantitative estimate of drug-likeness (QED) is 0.738. The van der Waals surface area contributed by atoms with Gasteiger partial charge in [0.25, 0.3) is 0 Å². The molecule has 5 nitrogen and oxygen atoms in total. The highest BCUT2D eigenvalue weighted by molar-refractivity contribution is 7.80. The molecule has 0 aliphatic rings. The normalized spacial score (nSPS) is 10.2. The summed E-state index contributed by atoms with van der Waals surface area (Å²) in [7, 11) is 7.31. The summed E-state index contributed by atoms with van der Waals surface area (Å²) in [5.74, 6) is 1.45. The molecule has 0 amide bonds. The van der Waals surface area contributed by atoms with Gasteiger partial charge in [0.2, 0.25) is 0 Å². The standard InChI is InChI=1S/C14H23N3O2S/c1-17(2)8-7-15-14(20)16-10-11-5-6-12(18-3)13(9-11)19-4/h5-6,9H,7-8,10H2,1-4H3,(H2,15,16,20). The summed E-state index contributed by atoms with van der Waals surface area (Å²) >= 11 is 5.22. The largest absolute Gasteiger partial charge is 0.493 e. The van der Waals surface area contributed by atoms with Crippen molar-refractivity contribution in [3.05, 3.63) is 23.8 Å². The van der Waals surface area contributed by atoms with Crippen molar-refractivity contribution in [3.8, 4) is 11.5 Å². The number of benzene rings is 1. The van der Waals surface area contributed by atoms with Gasteiger partial charge in [-0.1, -0.05) is 6.07 Å². The molecule has 0 saturated carbocycles. The van der Waals surface area contributed by atoms with Crippen LogP contribution >= 0.6 is 12.2 Å². The molecule has 20 heavy (non-hydrogen) atoms. The topological polar surface area (TPSA) is 45.8 Å². The second kappa shape index (κ2) is 8.60. The van der Waals surface area contributed by atoms with E-state index >= 15 is 0 Å². The average Bonchev–Trinajstić information content (AvgIpc) is 2.44. The van der Waals surface area contributed by atoms with Crippen LogP contribution in [0.15, 0.2) is 18.2 Å². The lowest BCUT2D eigenvalue weighted by Gasteiger charge is -2.14. The number of nitrogens with zero attached hydrogens (tertiary/aromatic N) is 1. The molecule has 0 aromatic heterocycles. The van der Waals surface area contributed by atoms with Crippen LogP contribution in [0.4, 0.5) is 0 Å². The van der Waals surface area contributed by atoms with Crippen LogP contribution in [-0.4, -0.2) is 51.4 Å². The Balaban J connectivity index is 2.43. The summed E-state index contributed by atoms with van der Waals surface area (Å²) in [4.78, 5) is 2.10. The summed E-state index contributed by atoms with van der Waals surface area (Å²) in [5, 5.41) is 6.98. The van der Waals surface area contributed by atoms with Gasteiger partial charge < -0.3 is 25.0 Å². The smallest absolute Gasteiger partial charge is 0.166 e. The summed E-state index contributed by atoms with van der Waals surface area (Å²) in [6, 6.07) is 5.81.